The van der Waals surface area contributed by atoms with Gasteiger partial charge in [0.2, 0.25) is 0 Å². The van der Waals surface area contributed by atoms with Crippen LogP contribution in [0.15, 0.2) is 24.3 Å². The number of nitrogens with one attached hydrogen (secondary N) is 1. The van der Waals surface area contributed by atoms with Gasteiger partial charge in [0.25, 0.3) is 5.91 Å². The summed E-state index contributed by atoms with van der Waals surface area (Å²) in [5, 5.41) is 12.2. The topological polar surface area (TPSA) is 58.6 Å². The molecule has 1 rings (SSSR count). The predicted molar refractivity (Wildman–Crippen MR) is 70.7 cm³/mol. The molecule has 0 aliphatic carbocycles. The van der Waals surface area contributed by atoms with Crippen molar-refractivity contribution in [2.75, 3.05) is 20.3 Å². The summed E-state index contributed by atoms with van der Waals surface area (Å²) in [5.41, 5.74) is 0.459. The van der Waals surface area contributed by atoms with Crippen LogP contribution < -0.4 is 5.32 Å². The van der Waals surface area contributed by atoms with Crippen LogP contribution in [0.5, 0.6) is 5.75 Å². The average molecular weight is 251 g/mol. The molecule has 100 valence electrons. The minimum Gasteiger partial charge on any atom is -0.508 e. The first-order chi connectivity index (χ1) is 8.44. The van der Waals surface area contributed by atoms with E-state index in [-0.39, 0.29) is 17.1 Å². The summed E-state index contributed by atoms with van der Waals surface area (Å²) in [4.78, 5) is 11.9. The van der Waals surface area contributed by atoms with E-state index in [0.29, 0.717) is 18.7 Å². The molecule has 0 atom stereocenters. The maximum absolute atomic E-state index is 11.9. The fourth-order valence-electron chi connectivity index (χ4n) is 1.54. The van der Waals surface area contributed by atoms with E-state index in [9.17, 15) is 9.90 Å². The van der Waals surface area contributed by atoms with Crippen molar-refractivity contribution < 1.29 is 14.6 Å². The highest BCUT2D eigenvalue weighted by molar-refractivity contribution is 5.94. The van der Waals surface area contributed by atoms with Crippen molar-refractivity contribution in [3.8, 4) is 5.75 Å². The standard InChI is InChI=1S/C14H21NO3/c1-14(2,7-8-18-3)10-15-13(17)11-5-4-6-12(16)9-11/h4-6,9,16H,7-8,10H2,1-3H3,(H,15,17). The molecule has 4 heteroatoms. The molecule has 4 nitrogen and oxygen atoms in total. The van der Waals surface area contributed by atoms with Gasteiger partial charge in [-0.1, -0.05) is 19.9 Å². The van der Waals surface area contributed by atoms with E-state index in [2.05, 4.69) is 19.2 Å². The lowest BCUT2D eigenvalue weighted by molar-refractivity contribution is 0.0920. The van der Waals surface area contributed by atoms with Crippen molar-refractivity contribution in [1.82, 2.24) is 5.32 Å². The molecular weight excluding hydrogens is 230 g/mol. The Kier molecular flexibility index (Phi) is 5.16. The van der Waals surface area contributed by atoms with Crippen LogP contribution in [-0.2, 0) is 4.74 Å². The molecule has 1 aromatic carbocycles. The quantitative estimate of drug-likeness (QED) is 0.814. The van der Waals surface area contributed by atoms with Gasteiger partial charge in [0, 0.05) is 25.8 Å². The second kappa shape index (κ2) is 6.40. The molecule has 0 radical (unpaired) electrons. The van der Waals surface area contributed by atoms with Crippen molar-refractivity contribution in [2.45, 2.75) is 20.3 Å². The number of carbonyl (C=O) groups is 1. The third-order valence-electron chi connectivity index (χ3n) is 2.82. The van der Waals surface area contributed by atoms with Gasteiger partial charge in [0.05, 0.1) is 0 Å². The summed E-state index contributed by atoms with van der Waals surface area (Å²) in [6.45, 7) is 5.41. The maximum atomic E-state index is 11.9. The molecule has 0 bridgehead atoms. The third kappa shape index (κ3) is 4.75. The van der Waals surface area contributed by atoms with Crippen molar-refractivity contribution >= 4 is 5.91 Å². The van der Waals surface area contributed by atoms with Gasteiger partial charge in [-0.05, 0) is 30.0 Å². The van der Waals surface area contributed by atoms with E-state index in [1.165, 1.54) is 6.07 Å². The molecule has 1 aromatic rings. The normalized spacial score (nSPS) is 11.3. The highest BCUT2D eigenvalue weighted by Gasteiger charge is 2.19. The SMILES string of the molecule is COCCC(C)(C)CNC(=O)c1cccc(O)c1. The number of methoxy groups -OCH3 is 1. The zero-order valence-corrected chi connectivity index (χ0v) is 11.2. The molecular formula is C14H21NO3. The Hall–Kier alpha value is -1.55. The summed E-state index contributed by atoms with van der Waals surface area (Å²) in [5.74, 6) is -0.0716. The third-order valence-corrected chi connectivity index (χ3v) is 2.82. The maximum Gasteiger partial charge on any atom is 0.251 e. The molecule has 0 fully saturated rings. The van der Waals surface area contributed by atoms with E-state index < -0.39 is 0 Å². The Bertz CT molecular complexity index is 402. The highest BCUT2D eigenvalue weighted by Crippen LogP contribution is 2.19. The molecule has 2 N–H and O–H groups in total. The number of hydrogen-bond donors (Lipinski definition) is 2. The van der Waals surface area contributed by atoms with Crippen LogP contribution >= 0.6 is 0 Å². The Labute approximate surface area is 108 Å². The minimum absolute atomic E-state index is 0.0114. The lowest BCUT2D eigenvalue weighted by atomic mass is 9.89. The fourth-order valence-corrected chi connectivity index (χ4v) is 1.54. The van der Waals surface area contributed by atoms with Crippen LogP contribution in [0.3, 0.4) is 0 Å². The van der Waals surface area contributed by atoms with Crippen LogP contribution in [0.25, 0.3) is 0 Å². The van der Waals surface area contributed by atoms with Gasteiger partial charge in [0.1, 0.15) is 5.75 Å². The lowest BCUT2D eigenvalue weighted by Crippen LogP contribution is -2.34. The molecule has 0 unspecified atom stereocenters. The van der Waals surface area contributed by atoms with E-state index in [0.717, 1.165) is 6.42 Å². The van der Waals surface area contributed by atoms with Crippen molar-refractivity contribution in [3.05, 3.63) is 29.8 Å². The number of benzene rings is 1. The van der Waals surface area contributed by atoms with Gasteiger partial charge in [-0.15, -0.1) is 0 Å². The van der Waals surface area contributed by atoms with Crippen molar-refractivity contribution in [2.24, 2.45) is 5.41 Å². The first-order valence-electron chi connectivity index (χ1n) is 6.01. The number of phenolic OH excluding ortho intramolecular Hbond substituents is 1. The molecule has 0 saturated carbocycles. The molecule has 0 spiro atoms. The Morgan fingerprint density at radius 2 is 2.17 bits per heavy atom. The van der Waals surface area contributed by atoms with Gasteiger partial charge in [-0.25, -0.2) is 0 Å². The molecule has 0 aliphatic heterocycles. The van der Waals surface area contributed by atoms with E-state index >= 15 is 0 Å². The number of aromatic hydroxyl groups is 1. The first kappa shape index (κ1) is 14.5. The molecule has 0 saturated heterocycles. The fraction of sp³-hybridized carbons (Fsp3) is 0.500. The predicted octanol–water partition coefficient (Wildman–Crippen LogP) is 2.18. The second-order valence-corrected chi connectivity index (χ2v) is 5.14. The number of rotatable bonds is 6. The largest absolute Gasteiger partial charge is 0.508 e. The number of phenols is 1. The van der Waals surface area contributed by atoms with E-state index in [1.54, 1.807) is 25.3 Å². The number of amides is 1. The minimum atomic E-state index is -0.170. The summed E-state index contributed by atoms with van der Waals surface area (Å²) < 4.78 is 5.04. The molecule has 0 heterocycles. The van der Waals surface area contributed by atoms with Gasteiger partial charge in [-0.3, -0.25) is 4.79 Å². The number of carbonyl (C=O) groups excluding carboxylic acids is 1. The van der Waals surface area contributed by atoms with Crippen LogP contribution in [0.2, 0.25) is 0 Å². The summed E-state index contributed by atoms with van der Waals surface area (Å²) in [7, 11) is 1.67. The Morgan fingerprint density at radius 3 is 2.78 bits per heavy atom. The Morgan fingerprint density at radius 1 is 1.44 bits per heavy atom. The van der Waals surface area contributed by atoms with E-state index in [4.69, 9.17) is 4.74 Å². The first-order valence-corrected chi connectivity index (χ1v) is 6.01. The average Bonchev–Trinajstić information content (AvgIpc) is 2.34. The monoisotopic (exact) mass is 251 g/mol. The number of ether oxygens (including phenoxy) is 1. The van der Waals surface area contributed by atoms with E-state index in [1.807, 2.05) is 0 Å². The van der Waals surface area contributed by atoms with Crippen LogP contribution in [0.4, 0.5) is 0 Å². The van der Waals surface area contributed by atoms with Crippen LogP contribution in [0, 0.1) is 5.41 Å². The summed E-state index contributed by atoms with van der Waals surface area (Å²) in [6, 6.07) is 6.33. The smallest absolute Gasteiger partial charge is 0.251 e. The molecule has 0 aliphatic rings. The molecule has 0 aromatic heterocycles. The molecule has 18 heavy (non-hydrogen) atoms. The van der Waals surface area contributed by atoms with Gasteiger partial charge < -0.3 is 15.2 Å². The second-order valence-electron chi connectivity index (χ2n) is 5.14. The summed E-state index contributed by atoms with van der Waals surface area (Å²) in [6.07, 6.45) is 0.879. The summed E-state index contributed by atoms with van der Waals surface area (Å²) >= 11 is 0. The highest BCUT2D eigenvalue weighted by atomic mass is 16.5. The van der Waals surface area contributed by atoms with Gasteiger partial charge >= 0.3 is 0 Å². The van der Waals surface area contributed by atoms with Crippen molar-refractivity contribution in [3.63, 3.8) is 0 Å². The van der Waals surface area contributed by atoms with Crippen LogP contribution in [0.1, 0.15) is 30.6 Å². The van der Waals surface area contributed by atoms with Gasteiger partial charge in [0.15, 0.2) is 0 Å². The Balaban J connectivity index is 2.50. The van der Waals surface area contributed by atoms with Gasteiger partial charge in [-0.2, -0.15) is 0 Å². The zero-order chi connectivity index (χ0) is 13.6. The lowest BCUT2D eigenvalue weighted by Gasteiger charge is -2.24. The molecule has 1 amide bonds. The van der Waals surface area contributed by atoms with Crippen LogP contribution in [-0.4, -0.2) is 31.3 Å². The van der Waals surface area contributed by atoms with Crippen molar-refractivity contribution in [1.29, 1.82) is 0 Å². The number of hydrogen-bond acceptors (Lipinski definition) is 3. The zero-order valence-electron chi connectivity index (χ0n) is 11.2.